The Bertz CT molecular complexity index is 1960. The Labute approximate surface area is 613 Å². The van der Waals surface area contributed by atoms with Crippen LogP contribution in [-0.4, -0.2) is 96.7 Å². The molecule has 17 nitrogen and oxygen atoms in total. The second-order valence-corrected chi connectivity index (χ2v) is 33.3. The van der Waals surface area contributed by atoms with Crippen molar-refractivity contribution in [3.63, 3.8) is 0 Å². The Kier molecular flexibility index (Phi) is 68.7. The van der Waals surface area contributed by atoms with Crippen LogP contribution in [0.2, 0.25) is 0 Å². The van der Waals surface area contributed by atoms with Crippen molar-refractivity contribution in [2.24, 2.45) is 23.7 Å². The molecule has 0 heterocycles. The number of phosphoric ester groups is 2. The van der Waals surface area contributed by atoms with E-state index in [4.69, 9.17) is 37.0 Å². The van der Waals surface area contributed by atoms with Crippen LogP contribution in [0.3, 0.4) is 0 Å². The van der Waals surface area contributed by atoms with Crippen LogP contribution in [0.4, 0.5) is 0 Å². The average Bonchev–Trinajstić information content (AvgIpc) is 0.923. The van der Waals surface area contributed by atoms with Gasteiger partial charge in [-0.1, -0.05) is 364 Å². The normalized spacial score (nSPS) is 14.8. The van der Waals surface area contributed by atoms with Crippen LogP contribution in [0.1, 0.15) is 415 Å². The Morgan fingerprint density at radius 1 is 0.280 bits per heavy atom. The fraction of sp³-hybridized carbons (Fsp3) is 0.951. The van der Waals surface area contributed by atoms with E-state index in [2.05, 4.69) is 55.4 Å². The predicted octanol–water partition coefficient (Wildman–Crippen LogP) is 24.0. The zero-order valence-corrected chi connectivity index (χ0v) is 67.6. The van der Waals surface area contributed by atoms with Gasteiger partial charge >= 0.3 is 39.5 Å². The molecular weight excluding hydrogens is 1310 g/mol. The van der Waals surface area contributed by atoms with Crippen molar-refractivity contribution >= 4 is 39.5 Å². The third-order valence-corrected chi connectivity index (χ3v) is 21.8. The van der Waals surface area contributed by atoms with E-state index in [9.17, 15) is 43.2 Å². The Hall–Kier alpha value is -1.94. The van der Waals surface area contributed by atoms with Crippen molar-refractivity contribution in [1.82, 2.24) is 0 Å². The van der Waals surface area contributed by atoms with Crippen molar-refractivity contribution in [2.75, 3.05) is 39.6 Å². The Balaban J connectivity index is 5.14. The van der Waals surface area contributed by atoms with Gasteiger partial charge in [-0.05, 0) is 49.4 Å². The minimum atomic E-state index is -4.96. The number of phosphoric acid groups is 2. The maximum Gasteiger partial charge on any atom is 0.472 e. The number of hydrogen-bond acceptors (Lipinski definition) is 15. The molecule has 0 fully saturated rings. The van der Waals surface area contributed by atoms with Gasteiger partial charge in [0.2, 0.25) is 0 Å². The Morgan fingerprint density at radius 2 is 0.480 bits per heavy atom. The molecular formula is C81H158O17P2. The number of aliphatic hydroxyl groups excluding tert-OH is 1. The van der Waals surface area contributed by atoms with Gasteiger partial charge in [0.05, 0.1) is 26.4 Å². The van der Waals surface area contributed by atoms with Crippen molar-refractivity contribution in [1.29, 1.82) is 0 Å². The molecule has 0 aromatic heterocycles. The molecule has 3 N–H and O–H groups in total. The fourth-order valence-electron chi connectivity index (χ4n) is 12.3. The van der Waals surface area contributed by atoms with Gasteiger partial charge in [0.1, 0.15) is 19.3 Å². The highest BCUT2D eigenvalue weighted by atomic mass is 31.2. The van der Waals surface area contributed by atoms with Crippen molar-refractivity contribution in [3.8, 4) is 0 Å². The summed E-state index contributed by atoms with van der Waals surface area (Å²) in [6.07, 6.45) is 57.1. The smallest absolute Gasteiger partial charge is 0.462 e. The monoisotopic (exact) mass is 1470 g/mol. The van der Waals surface area contributed by atoms with Crippen LogP contribution in [0.15, 0.2) is 0 Å². The maximum absolute atomic E-state index is 13.1. The molecule has 0 bridgehead atoms. The summed E-state index contributed by atoms with van der Waals surface area (Å²) in [6, 6.07) is 0. The van der Waals surface area contributed by atoms with Gasteiger partial charge in [0.15, 0.2) is 12.2 Å². The molecule has 0 aliphatic heterocycles. The first-order valence-electron chi connectivity index (χ1n) is 41.8. The van der Waals surface area contributed by atoms with E-state index in [-0.39, 0.29) is 25.7 Å². The van der Waals surface area contributed by atoms with Gasteiger partial charge in [0, 0.05) is 25.7 Å². The van der Waals surface area contributed by atoms with E-state index < -0.39 is 97.5 Å². The number of ether oxygens (including phenoxy) is 4. The highest BCUT2D eigenvalue weighted by molar-refractivity contribution is 7.47. The number of hydrogen-bond donors (Lipinski definition) is 3. The molecule has 0 saturated heterocycles. The molecule has 0 spiro atoms. The molecule has 0 aromatic rings. The SMILES string of the molecule is CCC(C)CCCCCCCCCCCCCCCCCCCCC(=O)O[C@H](COC(=O)CCCCCCCCC(C)CC)COP(=O)(O)OC[C@H](O)COP(=O)(O)OC[C@@H](COC(=O)CCCCCCCCCCCCCCCCCC(C)C)OC(=O)CCCCCCCCC(C)CC. The molecule has 0 aliphatic rings. The second-order valence-electron chi connectivity index (χ2n) is 30.4. The van der Waals surface area contributed by atoms with Crippen LogP contribution in [-0.2, 0) is 65.4 Å². The molecule has 0 saturated carbocycles. The van der Waals surface area contributed by atoms with Gasteiger partial charge in [-0.25, -0.2) is 9.13 Å². The Morgan fingerprint density at radius 3 is 0.710 bits per heavy atom. The summed E-state index contributed by atoms with van der Waals surface area (Å²) in [5.74, 6) is 1.01. The molecule has 5 unspecified atom stereocenters. The van der Waals surface area contributed by atoms with Crippen LogP contribution >= 0.6 is 15.6 Å². The number of esters is 4. The van der Waals surface area contributed by atoms with E-state index >= 15 is 0 Å². The molecule has 100 heavy (non-hydrogen) atoms. The van der Waals surface area contributed by atoms with Gasteiger partial charge in [-0.2, -0.15) is 0 Å². The van der Waals surface area contributed by atoms with Gasteiger partial charge in [-0.3, -0.25) is 37.3 Å². The lowest BCUT2D eigenvalue weighted by molar-refractivity contribution is -0.161. The largest absolute Gasteiger partial charge is 0.472 e. The zero-order chi connectivity index (χ0) is 73.8. The highest BCUT2D eigenvalue weighted by Crippen LogP contribution is 2.45. The first kappa shape index (κ1) is 98.1. The molecule has 0 aromatic carbocycles. The molecule has 0 aliphatic carbocycles. The van der Waals surface area contributed by atoms with E-state index in [0.29, 0.717) is 25.7 Å². The summed E-state index contributed by atoms with van der Waals surface area (Å²) in [7, 11) is -9.92. The fourth-order valence-corrected chi connectivity index (χ4v) is 13.9. The summed E-state index contributed by atoms with van der Waals surface area (Å²) in [6.45, 7) is 14.2. The van der Waals surface area contributed by atoms with E-state index in [0.717, 1.165) is 120 Å². The quantitative estimate of drug-likeness (QED) is 0.0222. The minimum absolute atomic E-state index is 0.103. The van der Waals surface area contributed by atoms with Crippen LogP contribution in [0.5, 0.6) is 0 Å². The van der Waals surface area contributed by atoms with Gasteiger partial charge in [-0.15, -0.1) is 0 Å². The zero-order valence-electron chi connectivity index (χ0n) is 65.8. The van der Waals surface area contributed by atoms with E-state index in [1.165, 1.54) is 212 Å². The van der Waals surface area contributed by atoms with E-state index in [1.807, 2.05) is 0 Å². The van der Waals surface area contributed by atoms with Crippen LogP contribution < -0.4 is 0 Å². The lowest BCUT2D eigenvalue weighted by Crippen LogP contribution is -2.30. The van der Waals surface area contributed by atoms with Crippen molar-refractivity contribution < 1.29 is 80.2 Å². The van der Waals surface area contributed by atoms with E-state index in [1.54, 1.807) is 0 Å². The average molecular weight is 1470 g/mol. The lowest BCUT2D eigenvalue weighted by Gasteiger charge is -2.21. The highest BCUT2D eigenvalue weighted by Gasteiger charge is 2.30. The molecule has 0 amide bonds. The first-order chi connectivity index (χ1) is 48.2. The molecule has 0 rings (SSSR count). The molecule has 19 heteroatoms. The minimum Gasteiger partial charge on any atom is -0.462 e. The number of carbonyl (C=O) groups excluding carboxylic acids is 4. The number of aliphatic hydroxyl groups is 1. The first-order valence-corrected chi connectivity index (χ1v) is 44.8. The number of rotatable bonds is 78. The van der Waals surface area contributed by atoms with Crippen molar-refractivity contribution in [3.05, 3.63) is 0 Å². The summed E-state index contributed by atoms with van der Waals surface area (Å²) in [4.78, 5) is 72.9. The van der Waals surface area contributed by atoms with Crippen LogP contribution in [0.25, 0.3) is 0 Å². The molecule has 0 radical (unpaired) electrons. The van der Waals surface area contributed by atoms with Crippen LogP contribution in [0, 0.1) is 23.7 Å². The standard InChI is InChI=1S/C81H158O17P2/c1-9-72(6)58-50-42-34-30-26-22-18-14-12-13-15-19-24-28-32-36-47-55-63-80(85)97-76(68-92-79(84)62-54-46-39-37-43-51-59-73(7)10-2)69-95-99(87,88)93-65-75(82)66-94-100(89,90)96-70-77(98-81(86)64-56-48-40-38-44-52-60-74(8)11-3)67-91-78(83)61-53-45-35-31-27-23-20-16-17-21-25-29-33-41-49-57-71(4)5/h71-77,82H,9-70H2,1-8H3,(H,87,88)(H,89,90)/t72?,73?,74?,75-,76+,77+/m0/s1. The lowest BCUT2D eigenvalue weighted by atomic mass is 9.99. The van der Waals surface area contributed by atoms with Gasteiger partial charge in [0.25, 0.3) is 0 Å². The van der Waals surface area contributed by atoms with Gasteiger partial charge < -0.3 is 33.8 Å². The number of carbonyl (C=O) groups is 4. The summed E-state index contributed by atoms with van der Waals surface area (Å²) < 4.78 is 68.6. The maximum atomic E-state index is 13.1. The molecule has 8 atom stereocenters. The second kappa shape index (κ2) is 70.1. The summed E-state index contributed by atoms with van der Waals surface area (Å²) >= 11 is 0. The van der Waals surface area contributed by atoms with Crippen molar-refractivity contribution in [2.45, 2.75) is 433 Å². The third-order valence-electron chi connectivity index (χ3n) is 19.9. The molecule has 594 valence electrons. The number of unbranched alkanes of at least 4 members (excludes halogenated alkanes) is 41. The third kappa shape index (κ3) is 70.4. The summed E-state index contributed by atoms with van der Waals surface area (Å²) in [5.41, 5.74) is 0. The predicted molar refractivity (Wildman–Crippen MR) is 409 cm³/mol. The topological polar surface area (TPSA) is 237 Å². The summed E-state index contributed by atoms with van der Waals surface area (Å²) in [5, 5.41) is 10.6.